The number of rotatable bonds is 10. The van der Waals surface area contributed by atoms with Crippen molar-refractivity contribution in [3.05, 3.63) is 88.0 Å². The first-order valence-electron chi connectivity index (χ1n) is 10.2. The summed E-state index contributed by atoms with van der Waals surface area (Å²) in [6.07, 6.45) is 1.39. The van der Waals surface area contributed by atoms with Crippen LogP contribution in [0.1, 0.15) is 15.9 Å². The molecule has 0 spiro atoms. The van der Waals surface area contributed by atoms with Gasteiger partial charge in [-0.05, 0) is 60.2 Å². The summed E-state index contributed by atoms with van der Waals surface area (Å²) in [6, 6.07) is 16.9. The maximum absolute atomic E-state index is 12.2. The predicted octanol–water partition coefficient (Wildman–Crippen LogP) is 3.39. The zero-order valence-electron chi connectivity index (χ0n) is 18.9. The normalized spacial score (nSPS) is 10.5. The van der Waals surface area contributed by atoms with Gasteiger partial charge in [-0.15, -0.1) is 0 Å². The molecular formula is C24H22N4O7. The average molecular weight is 478 g/mol. The highest BCUT2D eigenvalue weighted by atomic mass is 16.6. The Kier molecular flexibility index (Phi) is 8.33. The molecule has 0 aliphatic heterocycles. The second-order valence-corrected chi connectivity index (χ2v) is 6.98. The Bertz CT molecular complexity index is 1230. The van der Waals surface area contributed by atoms with E-state index in [1.807, 2.05) is 0 Å². The number of carbonyl (C=O) groups excluding carboxylic acids is 2. The molecule has 35 heavy (non-hydrogen) atoms. The van der Waals surface area contributed by atoms with E-state index >= 15 is 0 Å². The van der Waals surface area contributed by atoms with Crippen LogP contribution < -0.4 is 25.0 Å². The van der Waals surface area contributed by atoms with Crippen molar-refractivity contribution < 1.29 is 28.7 Å². The van der Waals surface area contributed by atoms with Gasteiger partial charge in [0.25, 0.3) is 17.5 Å². The molecule has 0 atom stereocenters. The molecule has 3 rings (SSSR count). The molecule has 2 amide bonds. The summed E-state index contributed by atoms with van der Waals surface area (Å²) < 4.78 is 16.0. The van der Waals surface area contributed by atoms with E-state index in [0.717, 1.165) is 0 Å². The molecular weight excluding hydrogens is 456 g/mol. The van der Waals surface area contributed by atoms with Crippen molar-refractivity contribution in [1.29, 1.82) is 0 Å². The fourth-order valence-corrected chi connectivity index (χ4v) is 2.86. The Labute approximate surface area is 200 Å². The van der Waals surface area contributed by atoms with E-state index in [2.05, 4.69) is 15.8 Å². The summed E-state index contributed by atoms with van der Waals surface area (Å²) in [7, 11) is 3.01. The fraction of sp³-hybridized carbons (Fsp3) is 0.125. The quantitative estimate of drug-likeness (QED) is 0.258. The zero-order valence-corrected chi connectivity index (χ0v) is 18.9. The number of methoxy groups -OCH3 is 2. The van der Waals surface area contributed by atoms with Gasteiger partial charge in [0, 0.05) is 23.4 Å². The zero-order chi connectivity index (χ0) is 25.2. The van der Waals surface area contributed by atoms with Gasteiger partial charge in [0.2, 0.25) is 0 Å². The minimum Gasteiger partial charge on any atom is -0.497 e. The number of hydrazone groups is 1. The molecule has 3 aromatic carbocycles. The molecule has 0 unspecified atom stereocenters. The van der Waals surface area contributed by atoms with Gasteiger partial charge < -0.3 is 19.5 Å². The lowest BCUT2D eigenvalue weighted by atomic mass is 10.2. The molecule has 0 aromatic heterocycles. The van der Waals surface area contributed by atoms with Crippen molar-refractivity contribution in [1.82, 2.24) is 5.43 Å². The third-order valence-electron chi connectivity index (χ3n) is 4.64. The molecule has 11 nitrogen and oxygen atoms in total. The van der Waals surface area contributed by atoms with Crippen LogP contribution in [0.25, 0.3) is 0 Å². The van der Waals surface area contributed by atoms with Gasteiger partial charge in [-0.3, -0.25) is 19.7 Å². The number of nitro groups is 1. The Morgan fingerprint density at radius 3 is 2.31 bits per heavy atom. The first-order chi connectivity index (χ1) is 16.9. The topological polar surface area (TPSA) is 141 Å². The van der Waals surface area contributed by atoms with E-state index in [0.29, 0.717) is 28.5 Å². The van der Waals surface area contributed by atoms with E-state index < -0.39 is 10.8 Å². The van der Waals surface area contributed by atoms with Crippen molar-refractivity contribution in [2.75, 3.05) is 26.1 Å². The van der Waals surface area contributed by atoms with Crippen LogP contribution in [0.15, 0.2) is 71.8 Å². The molecule has 0 fully saturated rings. The number of non-ortho nitro benzene ring substituents is 1. The van der Waals surface area contributed by atoms with Crippen LogP contribution in [0, 0.1) is 10.1 Å². The first-order valence-corrected chi connectivity index (χ1v) is 10.2. The molecule has 0 aliphatic rings. The summed E-state index contributed by atoms with van der Waals surface area (Å²) >= 11 is 0. The highest BCUT2D eigenvalue weighted by Crippen LogP contribution is 2.27. The number of benzene rings is 3. The third-order valence-corrected chi connectivity index (χ3v) is 4.64. The van der Waals surface area contributed by atoms with Gasteiger partial charge in [0.1, 0.15) is 5.75 Å². The van der Waals surface area contributed by atoms with Crippen LogP contribution >= 0.6 is 0 Å². The lowest BCUT2D eigenvalue weighted by Crippen LogP contribution is -2.20. The Morgan fingerprint density at radius 2 is 1.69 bits per heavy atom. The van der Waals surface area contributed by atoms with E-state index in [1.165, 1.54) is 37.6 Å². The average Bonchev–Trinajstić information content (AvgIpc) is 2.88. The first kappa shape index (κ1) is 24.7. The van der Waals surface area contributed by atoms with Crippen molar-refractivity contribution in [3.63, 3.8) is 0 Å². The van der Waals surface area contributed by atoms with Crippen LogP contribution in [-0.2, 0) is 4.79 Å². The van der Waals surface area contributed by atoms with Crippen molar-refractivity contribution >= 4 is 29.4 Å². The minimum absolute atomic E-state index is 0.113. The van der Waals surface area contributed by atoms with Gasteiger partial charge >= 0.3 is 0 Å². The molecule has 0 saturated carbocycles. The summed E-state index contributed by atoms with van der Waals surface area (Å²) in [4.78, 5) is 34.4. The molecule has 3 aromatic rings. The second kappa shape index (κ2) is 11.8. The number of nitrogens with zero attached hydrogens (tertiary/aromatic N) is 2. The van der Waals surface area contributed by atoms with Crippen LogP contribution in [0.3, 0.4) is 0 Å². The molecule has 11 heteroatoms. The predicted molar refractivity (Wildman–Crippen MR) is 128 cm³/mol. The van der Waals surface area contributed by atoms with Gasteiger partial charge in [0.15, 0.2) is 18.1 Å². The summed E-state index contributed by atoms with van der Waals surface area (Å²) in [5.74, 6) is 0.527. The smallest absolute Gasteiger partial charge is 0.271 e. The molecule has 0 saturated heterocycles. The largest absolute Gasteiger partial charge is 0.497 e. The SMILES string of the molecule is COc1ccc(NC(=O)COc2ccc(C=NNC(=O)c3ccc([N+](=O)[O-])cc3)cc2OC)cc1. The molecule has 0 radical (unpaired) electrons. The number of carbonyl (C=O) groups is 2. The van der Waals surface area contributed by atoms with Crippen LogP contribution in [0.5, 0.6) is 17.2 Å². The number of nitrogens with one attached hydrogen (secondary N) is 2. The third kappa shape index (κ3) is 7.02. The van der Waals surface area contributed by atoms with Crippen LogP contribution in [-0.4, -0.2) is 43.8 Å². The van der Waals surface area contributed by atoms with E-state index in [4.69, 9.17) is 14.2 Å². The Balaban J connectivity index is 1.54. The van der Waals surface area contributed by atoms with Crippen LogP contribution in [0.2, 0.25) is 0 Å². The lowest BCUT2D eigenvalue weighted by Gasteiger charge is -2.11. The molecule has 0 aliphatic carbocycles. The highest BCUT2D eigenvalue weighted by molar-refractivity contribution is 5.95. The standard InChI is InChI=1S/C24H22N4O7/c1-33-20-10-6-18(7-11-20)26-23(29)15-35-21-12-3-16(13-22(21)34-2)14-25-27-24(30)17-4-8-19(9-5-17)28(31)32/h3-14H,15H2,1-2H3,(H,26,29)(H,27,30). The minimum atomic E-state index is -0.548. The summed E-state index contributed by atoms with van der Waals surface area (Å²) in [5.41, 5.74) is 3.66. The number of hydrogen-bond acceptors (Lipinski definition) is 8. The molecule has 0 heterocycles. The number of ether oxygens (including phenoxy) is 3. The van der Waals surface area contributed by atoms with Crippen molar-refractivity contribution in [3.8, 4) is 17.2 Å². The van der Waals surface area contributed by atoms with Crippen LogP contribution in [0.4, 0.5) is 11.4 Å². The summed E-state index contributed by atoms with van der Waals surface area (Å²) in [6.45, 7) is -0.235. The van der Waals surface area contributed by atoms with Crippen molar-refractivity contribution in [2.45, 2.75) is 0 Å². The van der Waals surface area contributed by atoms with Crippen molar-refractivity contribution in [2.24, 2.45) is 5.10 Å². The second-order valence-electron chi connectivity index (χ2n) is 6.98. The molecule has 2 N–H and O–H groups in total. The maximum Gasteiger partial charge on any atom is 0.271 e. The highest BCUT2D eigenvalue weighted by Gasteiger charge is 2.10. The number of hydrogen-bond donors (Lipinski definition) is 2. The molecule has 0 bridgehead atoms. The van der Waals surface area contributed by atoms with Gasteiger partial charge in [0.05, 0.1) is 25.4 Å². The van der Waals surface area contributed by atoms with E-state index in [-0.39, 0.29) is 23.8 Å². The van der Waals surface area contributed by atoms with Gasteiger partial charge in [-0.1, -0.05) is 0 Å². The number of nitro benzene ring substituents is 1. The maximum atomic E-state index is 12.2. The monoisotopic (exact) mass is 478 g/mol. The number of amides is 2. The van der Waals surface area contributed by atoms with Gasteiger partial charge in [-0.2, -0.15) is 5.10 Å². The number of anilines is 1. The Morgan fingerprint density at radius 1 is 0.971 bits per heavy atom. The van der Waals surface area contributed by atoms with E-state index in [9.17, 15) is 19.7 Å². The van der Waals surface area contributed by atoms with Gasteiger partial charge in [-0.25, -0.2) is 5.43 Å². The Hall–Kier alpha value is -4.93. The van der Waals surface area contributed by atoms with E-state index in [1.54, 1.807) is 49.6 Å². The lowest BCUT2D eigenvalue weighted by molar-refractivity contribution is -0.384. The summed E-state index contributed by atoms with van der Waals surface area (Å²) in [5, 5.41) is 17.3. The molecule has 180 valence electrons. The fourth-order valence-electron chi connectivity index (χ4n) is 2.86.